The molecule has 1 amide bonds. The second kappa shape index (κ2) is 5.90. The van der Waals surface area contributed by atoms with Gasteiger partial charge in [-0.3, -0.25) is 4.79 Å². The number of carbonyl (C=O) groups is 1. The number of halogens is 1. The molecule has 23 heavy (non-hydrogen) atoms. The summed E-state index contributed by atoms with van der Waals surface area (Å²) in [7, 11) is 0. The van der Waals surface area contributed by atoms with Gasteiger partial charge >= 0.3 is 0 Å². The normalized spacial score (nSPS) is 21.0. The van der Waals surface area contributed by atoms with Crippen molar-refractivity contribution >= 4 is 28.2 Å². The Labute approximate surface area is 137 Å². The maximum Gasteiger partial charge on any atom is 0.226 e. The zero-order valence-electron chi connectivity index (χ0n) is 12.4. The second-order valence-electron chi connectivity index (χ2n) is 5.67. The maximum atomic E-state index is 13.2. The lowest BCUT2D eigenvalue weighted by molar-refractivity contribution is -0.116. The van der Waals surface area contributed by atoms with Crippen molar-refractivity contribution in [1.82, 2.24) is 4.98 Å². The predicted octanol–water partition coefficient (Wildman–Crippen LogP) is 2.59. The SMILES string of the molecule is O=C1C[C@@H](c2ccc(F)cc2)c2sc(N3CCOCC3)nc2N1. The highest BCUT2D eigenvalue weighted by molar-refractivity contribution is 7.16. The summed E-state index contributed by atoms with van der Waals surface area (Å²) < 4.78 is 18.5. The van der Waals surface area contributed by atoms with E-state index in [1.807, 2.05) is 0 Å². The van der Waals surface area contributed by atoms with Crippen LogP contribution in [0.5, 0.6) is 0 Å². The van der Waals surface area contributed by atoms with Crippen molar-refractivity contribution in [2.75, 3.05) is 36.5 Å². The van der Waals surface area contributed by atoms with Crippen LogP contribution >= 0.6 is 11.3 Å². The number of aromatic nitrogens is 1. The number of nitrogens with zero attached hydrogens (tertiary/aromatic N) is 2. The molecule has 0 bridgehead atoms. The number of nitrogens with one attached hydrogen (secondary N) is 1. The summed E-state index contributed by atoms with van der Waals surface area (Å²) >= 11 is 1.60. The first kappa shape index (κ1) is 14.6. The van der Waals surface area contributed by atoms with E-state index in [0.717, 1.165) is 28.7 Å². The molecule has 2 aliphatic heterocycles. The molecule has 7 heteroatoms. The second-order valence-corrected chi connectivity index (χ2v) is 6.67. The van der Waals surface area contributed by atoms with Gasteiger partial charge in [0.1, 0.15) is 11.6 Å². The molecule has 1 saturated heterocycles. The quantitative estimate of drug-likeness (QED) is 0.918. The van der Waals surface area contributed by atoms with E-state index in [4.69, 9.17) is 4.74 Å². The number of rotatable bonds is 2. The molecule has 0 spiro atoms. The number of fused-ring (bicyclic) bond motifs is 1. The summed E-state index contributed by atoms with van der Waals surface area (Å²) in [5, 5.41) is 3.77. The van der Waals surface area contributed by atoms with Crippen molar-refractivity contribution in [2.24, 2.45) is 0 Å². The van der Waals surface area contributed by atoms with Crippen LogP contribution in [-0.4, -0.2) is 37.2 Å². The Hall–Kier alpha value is -1.99. The van der Waals surface area contributed by atoms with Gasteiger partial charge in [-0.15, -0.1) is 0 Å². The zero-order chi connectivity index (χ0) is 15.8. The van der Waals surface area contributed by atoms with Crippen LogP contribution in [0.2, 0.25) is 0 Å². The van der Waals surface area contributed by atoms with Gasteiger partial charge in [0.15, 0.2) is 5.13 Å². The molecule has 0 saturated carbocycles. The number of morpholine rings is 1. The minimum atomic E-state index is -0.271. The van der Waals surface area contributed by atoms with Crippen LogP contribution < -0.4 is 10.2 Å². The van der Waals surface area contributed by atoms with E-state index in [1.54, 1.807) is 23.5 Å². The lowest BCUT2D eigenvalue weighted by Crippen LogP contribution is -2.36. The minimum Gasteiger partial charge on any atom is -0.378 e. The van der Waals surface area contributed by atoms with Crippen LogP contribution in [0.25, 0.3) is 0 Å². The van der Waals surface area contributed by atoms with Crippen LogP contribution in [0, 0.1) is 5.82 Å². The van der Waals surface area contributed by atoms with E-state index in [2.05, 4.69) is 15.2 Å². The predicted molar refractivity (Wildman–Crippen MR) is 86.6 cm³/mol. The Kier molecular flexibility index (Phi) is 3.74. The topological polar surface area (TPSA) is 54.5 Å². The van der Waals surface area contributed by atoms with E-state index in [9.17, 15) is 9.18 Å². The average molecular weight is 333 g/mol. The van der Waals surface area contributed by atoms with Crippen molar-refractivity contribution < 1.29 is 13.9 Å². The Bertz CT molecular complexity index is 725. The molecular formula is C16H16FN3O2S. The van der Waals surface area contributed by atoms with Crippen molar-refractivity contribution in [3.8, 4) is 0 Å². The third kappa shape index (κ3) is 2.82. The van der Waals surface area contributed by atoms with Crippen molar-refractivity contribution in [3.05, 3.63) is 40.5 Å². The van der Waals surface area contributed by atoms with Gasteiger partial charge in [-0.1, -0.05) is 23.5 Å². The standard InChI is InChI=1S/C16H16FN3O2S/c17-11-3-1-10(2-4-11)12-9-13(21)18-15-14(12)23-16(19-15)20-5-7-22-8-6-20/h1-4,12H,5-9H2,(H,18,21)/t12-/m0/s1. The van der Waals surface area contributed by atoms with Crippen LogP contribution in [0.15, 0.2) is 24.3 Å². The van der Waals surface area contributed by atoms with Gasteiger partial charge in [0, 0.05) is 25.4 Å². The van der Waals surface area contributed by atoms with Gasteiger partial charge in [0.25, 0.3) is 0 Å². The van der Waals surface area contributed by atoms with E-state index >= 15 is 0 Å². The number of hydrogen-bond donors (Lipinski definition) is 1. The average Bonchev–Trinajstić information content (AvgIpc) is 2.99. The van der Waals surface area contributed by atoms with Crippen LogP contribution in [0.3, 0.4) is 0 Å². The van der Waals surface area contributed by atoms with E-state index in [1.165, 1.54) is 12.1 Å². The number of benzene rings is 1. The van der Waals surface area contributed by atoms with Gasteiger partial charge in [-0.05, 0) is 17.7 Å². The summed E-state index contributed by atoms with van der Waals surface area (Å²) in [6, 6.07) is 6.36. The first-order valence-electron chi connectivity index (χ1n) is 7.59. The van der Waals surface area contributed by atoms with Gasteiger partial charge in [-0.2, -0.15) is 0 Å². The summed E-state index contributed by atoms with van der Waals surface area (Å²) in [5.41, 5.74) is 0.944. The molecule has 1 N–H and O–H groups in total. The fraction of sp³-hybridized carbons (Fsp3) is 0.375. The zero-order valence-corrected chi connectivity index (χ0v) is 13.2. The number of thiazole rings is 1. The third-order valence-corrected chi connectivity index (χ3v) is 5.39. The number of carbonyl (C=O) groups excluding carboxylic acids is 1. The molecule has 0 radical (unpaired) electrons. The molecule has 4 rings (SSSR count). The first-order chi connectivity index (χ1) is 11.2. The Balaban J connectivity index is 1.69. The van der Waals surface area contributed by atoms with Gasteiger partial charge in [-0.25, -0.2) is 9.37 Å². The highest BCUT2D eigenvalue weighted by Crippen LogP contribution is 2.43. The lowest BCUT2D eigenvalue weighted by Gasteiger charge is -2.26. The number of hydrogen-bond acceptors (Lipinski definition) is 5. The molecule has 1 fully saturated rings. The number of amides is 1. The Morgan fingerprint density at radius 3 is 2.74 bits per heavy atom. The van der Waals surface area contributed by atoms with Crippen LogP contribution in [0.1, 0.15) is 22.8 Å². The fourth-order valence-corrected chi connectivity index (χ4v) is 4.16. The molecule has 5 nitrogen and oxygen atoms in total. The summed E-state index contributed by atoms with van der Waals surface area (Å²) in [4.78, 5) is 19.8. The number of anilines is 2. The molecule has 0 aliphatic carbocycles. The molecule has 1 aromatic heterocycles. The van der Waals surface area contributed by atoms with E-state index < -0.39 is 0 Å². The molecular weight excluding hydrogens is 317 g/mol. The van der Waals surface area contributed by atoms with Crippen LogP contribution in [-0.2, 0) is 9.53 Å². The molecule has 0 unspecified atom stereocenters. The van der Waals surface area contributed by atoms with Crippen molar-refractivity contribution in [2.45, 2.75) is 12.3 Å². The van der Waals surface area contributed by atoms with Gasteiger partial charge in [0.05, 0.1) is 18.1 Å². The molecule has 3 heterocycles. The fourth-order valence-electron chi connectivity index (χ4n) is 2.96. The molecule has 1 atom stereocenters. The molecule has 2 aliphatic rings. The Morgan fingerprint density at radius 2 is 2.00 bits per heavy atom. The largest absolute Gasteiger partial charge is 0.378 e. The maximum absolute atomic E-state index is 13.2. The third-order valence-electron chi connectivity index (χ3n) is 4.16. The summed E-state index contributed by atoms with van der Waals surface area (Å²) in [6.07, 6.45) is 0.364. The van der Waals surface area contributed by atoms with Gasteiger partial charge < -0.3 is 15.0 Å². The molecule has 120 valence electrons. The highest BCUT2D eigenvalue weighted by Gasteiger charge is 2.31. The summed E-state index contributed by atoms with van der Waals surface area (Å²) in [5.74, 6) is 0.256. The van der Waals surface area contributed by atoms with Crippen molar-refractivity contribution in [3.63, 3.8) is 0 Å². The lowest BCUT2D eigenvalue weighted by atomic mass is 9.92. The van der Waals surface area contributed by atoms with Crippen molar-refractivity contribution in [1.29, 1.82) is 0 Å². The number of ether oxygens (including phenoxy) is 1. The first-order valence-corrected chi connectivity index (χ1v) is 8.41. The minimum absolute atomic E-state index is 0.0503. The monoisotopic (exact) mass is 333 g/mol. The van der Waals surface area contributed by atoms with E-state index in [0.29, 0.717) is 25.5 Å². The molecule has 1 aromatic carbocycles. The highest BCUT2D eigenvalue weighted by atomic mass is 32.1. The van der Waals surface area contributed by atoms with Gasteiger partial charge in [0.2, 0.25) is 5.91 Å². The van der Waals surface area contributed by atoms with Crippen LogP contribution in [0.4, 0.5) is 15.3 Å². The Morgan fingerprint density at radius 1 is 1.26 bits per heavy atom. The summed E-state index contributed by atoms with van der Waals surface area (Å²) in [6.45, 7) is 3.00. The van der Waals surface area contributed by atoms with E-state index in [-0.39, 0.29) is 17.6 Å². The molecule has 2 aromatic rings. The smallest absolute Gasteiger partial charge is 0.226 e.